The third-order valence-corrected chi connectivity index (χ3v) is 6.48. The van der Waals surface area contributed by atoms with Crippen LogP contribution in [0.3, 0.4) is 0 Å². The van der Waals surface area contributed by atoms with Crippen molar-refractivity contribution < 1.29 is 19.2 Å². The Labute approximate surface area is 203 Å². The summed E-state index contributed by atoms with van der Waals surface area (Å²) in [6, 6.07) is 9.87. The molecule has 0 spiro atoms. The van der Waals surface area contributed by atoms with E-state index in [-0.39, 0.29) is 24.1 Å². The summed E-state index contributed by atoms with van der Waals surface area (Å²) in [7, 11) is 0. The molecule has 3 rings (SSSR count). The molecule has 152 valence electrons. The van der Waals surface area contributed by atoms with Gasteiger partial charge in [-0.15, -0.1) is 6.42 Å². The molecule has 2 aromatic rings. The van der Waals surface area contributed by atoms with Crippen LogP contribution in [0.25, 0.3) is 6.08 Å². The lowest BCUT2D eigenvalue weighted by atomic mass is 10.2. The Balaban J connectivity index is 1.76. The quantitative estimate of drug-likeness (QED) is 0.144. The summed E-state index contributed by atoms with van der Waals surface area (Å²) in [6.45, 7) is 0.209. The van der Waals surface area contributed by atoms with Crippen LogP contribution in [0, 0.1) is 29.6 Å². The number of hydrogen-bond donors (Lipinski definition) is 0. The largest absolute Gasteiger partial charge is 0.487 e. The summed E-state index contributed by atoms with van der Waals surface area (Å²) in [4.78, 5) is 35.9. The topological polar surface area (TPSA) is 89.8 Å². The van der Waals surface area contributed by atoms with Gasteiger partial charge in [0, 0.05) is 12.1 Å². The van der Waals surface area contributed by atoms with Crippen LogP contribution in [-0.2, 0) is 11.4 Å². The monoisotopic (exact) mass is 646 g/mol. The van der Waals surface area contributed by atoms with Crippen molar-refractivity contribution in [2.24, 2.45) is 0 Å². The lowest BCUT2D eigenvalue weighted by Gasteiger charge is -2.12. The molecule has 1 aliphatic heterocycles. The zero-order valence-electron chi connectivity index (χ0n) is 15.1. The van der Waals surface area contributed by atoms with Gasteiger partial charge in [-0.1, -0.05) is 5.92 Å². The maximum Gasteiger partial charge on any atom is 0.294 e. The van der Waals surface area contributed by atoms with Gasteiger partial charge in [0.15, 0.2) is 0 Å². The Kier molecular flexibility index (Phi) is 7.37. The number of rotatable bonds is 6. The highest BCUT2D eigenvalue weighted by Gasteiger charge is 2.34. The van der Waals surface area contributed by atoms with Crippen LogP contribution in [0.5, 0.6) is 5.75 Å². The average Bonchev–Trinajstić information content (AvgIpc) is 2.95. The van der Waals surface area contributed by atoms with Gasteiger partial charge in [0.05, 0.1) is 23.5 Å². The maximum atomic E-state index is 12.3. The van der Waals surface area contributed by atoms with E-state index in [2.05, 4.69) is 51.1 Å². The van der Waals surface area contributed by atoms with E-state index < -0.39 is 10.8 Å². The van der Waals surface area contributed by atoms with Crippen molar-refractivity contribution in [1.82, 2.24) is 4.90 Å². The number of imide groups is 1. The van der Waals surface area contributed by atoms with Crippen molar-refractivity contribution in [3.8, 4) is 18.1 Å². The lowest BCUT2D eigenvalue weighted by molar-refractivity contribution is -0.384. The van der Waals surface area contributed by atoms with E-state index in [1.165, 1.54) is 12.1 Å². The third kappa shape index (κ3) is 5.13. The highest BCUT2D eigenvalue weighted by Crippen LogP contribution is 2.35. The summed E-state index contributed by atoms with van der Waals surface area (Å²) in [5, 5.41) is 10.4. The van der Waals surface area contributed by atoms with Gasteiger partial charge in [-0.2, -0.15) is 0 Å². The lowest BCUT2D eigenvalue weighted by Crippen LogP contribution is -2.28. The molecule has 0 N–H and O–H groups in total. The number of halogens is 2. The Morgan fingerprint density at radius 2 is 1.83 bits per heavy atom. The molecule has 0 radical (unpaired) electrons. The molecular formula is C20H12I2N2O5S. The fourth-order valence-electron chi connectivity index (χ4n) is 2.55. The van der Waals surface area contributed by atoms with Crippen LogP contribution >= 0.6 is 56.9 Å². The number of nitrogens with zero attached hydrogens (tertiary/aromatic N) is 2. The van der Waals surface area contributed by atoms with E-state index in [1.807, 2.05) is 12.1 Å². The molecule has 1 saturated heterocycles. The molecule has 1 heterocycles. The number of thioether (sulfide) groups is 1. The smallest absolute Gasteiger partial charge is 0.294 e. The number of hydrogen-bond acceptors (Lipinski definition) is 6. The molecule has 0 aliphatic carbocycles. The molecular weight excluding hydrogens is 634 g/mol. The molecule has 7 nitrogen and oxygen atoms in total. The highest BCUT2D eigenvalue weighted by molar-refractivity contribution is 14.1. The van der Waals surface area contributed by atoms with Crippen molar-refractivity contribution in [3.63, 3.8) is 0 Å². The van der Waals surface area contributed by atoms with E-state index in [4.69, 9.17) is 11.2 Å². The molecule has 0 saturated carbocycles. The minimum absolute atomic E-state index is 0.0268. The zero-order chi connectivity index (χ0) is 21.8. The predicted octanol–water partition coefficient (Wildman–Crippen LogP) is 5.05. The van der Waals surface area contributed by atoms with Gasteiger partial charge in [-0.25, -0.2) is 0 Å². The SMILES string of the molecule is C#CCN1C(=O)S/C(=C\c2cc(I)c(OCc3ccc([N+](=O)[O-])cc3)c(I)c2)C1=O. The van der Waals surface area contributed by atoms with Crippen molar-refractivity contribution in [1.29, 1.82) is 0 Å². The first-order valence-electron chi connectivity index (χ1n) is 8.34. The average molecular weight is 646 g/mol. The molecule has 2 amide bonds. The predicted molar refractivity (Wildman–Crippen MR) is 131 cm³/mol. The van der Waals surface area contributed by atoms with E-state index in [1.54, 1.807) is 18.2 Å². The van der Waals surface area contributed by atoms with E-state index >= 15 is 0 Å². The van der Waals surface area contributed by atoms with E-state index in [0.717, 1.165) is 34.9 Å². The molecule has 1 aliphatic rings. The van der Waals surface area contributed by atoms with Crippen LogP contribution in [0.1, 0.15) is 11.1 Å². The van der Waals surface area contributed by atoms with Crippen LogP contribution in [0.4, 0.5) is 10.5 Å². The summed E-state index contributed by atoms with van der Waals surface area (Å²) < 4.78 is 7.56. The van der Waals surface area contributed by atoms with Crippen molar-refractivity contribution in [3.05, 3.63) is 69.7 Å². The highest BCUT2D eigenvalue weighted by atomic mass is 127. The number of benzene rings is 2. The fraction of sp³-hybridized carbons (Fsp3) is 0.100. The van der Waals surface area contributed by atoms with Crippen LogP contribution < -0.4 is 4.74 Å². The molecule has 0 aromatic heterocycles. The van der Waals surface area contributed by atoms with E-state index in [9.17, 15) is 19.7 Å². The Hall–Kier alpha value is -2.11. The number of nitro benzene ring substituents is 1. The first-order chi connectivity index (χ1) is 14.3. The second-order valence-electron chi connectivity index (χ2n) is 6.00. The Morgan fingerprint density at radius 1 is 1.20 bits per heavy atom. The molecule has 10 heteroatoms. The number of non-ortho nitro benzene ring substituents is 1. The van der Waals surface area contributed by atoms with Gasteiger partial charge in [0.25, 0.3) is 16.8 Å². The molecule has 0 unspecified atom stereocenters. The Bertz CT molecular complexity index is 1090. The normalized spacial score (nSPS) is 14.8. The van der Waals surface area contributed by atoms with Crippen molar-refractivity contribution in [2.45, 2.75) is 6.61 Å². The summed E-state index contributed by atoms with van der Waals surface area (Å²) in [5.74, 6) is 2.58. The first-order valence-corrected chi connectivity index (χ1v) is 11.3. The second kappa shape index (κ2) is 9.80. The molecule has 0 bridgehead atoms. The van der Waals surface area contributed by atoms with Crippen LogP contribution in [-0.4, -0.2) is 27.5 Å². The number of carbonyl (C=O) groups is 2. The fourth-order valence-corrected chi connectivity index (χ4v) is 5.52. The van der Waals surface area contributed by atoms with Crippen molar-refractivity contribution >= 4 is 79.9 Å². The van der Waals surface area contributed by atoms with Gasteiger partial charge in [0.1, 0.15) is 12.4 Å². The minimum atomic E-state index is -0.448. The molecule has 0 atom stereocenters. The maximum absolute atomic E-state index is 12.3. The number of amides is 2. The van der Waals surface area contributed by atoms with Gasteiger partial charge < -0.3 is 4.74 Å². The Morgan fingerprint density at radius 3 is 2.40 bits per heavy atom. The van der Waals surface area contributed by atoms with Crippen LogP contribution in [0.2, 0.25) is 0 Å². The number of nitro groups is 1. The standard InChI is InChI=1S/C20H12I2N2O5S/c1-2-7-23-19(25)17(30-20(23)26)10-13-8-15(21)18(16(22)9-13)29-11-12-3-5-14(6-4-12)24(27)28/h1,3-6,8-10H,7,11H2/b17-10-. The van der Waals surface area contributed by atoms with Gasteiger partial charge in [0.2, 0.25) is 0 Å². The zero-order valence-corrected chi connectivity index (χ0v) is 20.3. The third-order valence-electron chi connectivity index (χ3n) is 3.97. The second-order valence-corrected chi connectivity index (χ2v) is 9.32. The summed E-state index contributed by atoms with van der Waals surface area (Å²) in [5.41, 5.74) is 1.59. The molecule has 1 fully saturated rings. The van der Waals surface area contributed by atoms with E-state index in [0.29, 0.717) is 10.7 Å². The summed E-state index contributed by atoms with van der Waals surface area (Å²) >= 11 is 5.14. The van der Waals surface area contributed by atoms with Gasteiger partial charge in [-0.05, 0) is 98.4 Å². The van der Waals surface area contributed by atoms with Gasteiger partial charge in [-0.3, -0.25) is 24.6 Å². The number of terminal acetylenes is 1. The van der Waals surface area contributed by atoms with Gasteiger partial charge >= 0.3 is 0 Å². The van der Waals surface area contributed by atoms with Crippen molar-refractivity contribution in [2.75, 3.05) is 6.54 Å². The number of carbonyl (C=O) groups excluding carboxylic acids is 2. The molecule has 2 aromatic carbocycles. The summed E-state index contributed by atoms with van der Waals surface area (Å²) in [6.07, 6.45) is 6.87. The number of ether oxygens (including phenoxy) is 1. The first kappa shape index (κ1) is 22.6. The van der Waals surface area contributed by atoms with Crippen LogP contribution in [0.15, 0.2) is 41.3 Å². The minimum Gasteiger partial charge on any atom is -0.487 e. The molecule has 30 heavy (non-hydrogen) atoms.